The van der Waals surface area contributed by atoms with E-state index >= 15 is 0 Å². The summed E-state index contributed by atoms with van der Waals surface area (Å²) in [5.41, 5.74) is 6.27. The number of ether oxygens (including phenoxy) is 2. The Kier molecular flexibility index (Phi) is 6.63. The van der Waals surface area contributed by atoms with E-state index in [9.17, 15) is 0 Å². The largest absolute Gasteiger partial charge is 0.493 e. The van der Waals surface area contributed by atoms with Gasteiger partial charge in [0.2, 0.25) is 0 Å². The van der Waals surface area contributed by atoms with Crippen molar-refractivity contribution in [2.45, 2.75) is 44.8 Å². The van der Waals surface area contributed by atoms with Gasteiger partial charge in [-0.05, 0) is 86.8 Å². The number of benzene rings is 3. The van der Waals surface area contributed by atoms with Gasteiger partial charge in [-0.2, -0.15) is 0 Å². The molecule has 3 aromatic carbocycles. The van der Waals surface area contributed by atoms with Crippen molar-refractivity contribution in [3.05, 3.63) is 98.5 Å². The van der Waals surface area contributed by atoms with Crippen LogP contribution in [0.5, 0.6) is 11.5 Å². The molecular weight excluding hydrogens is 510 g/mol. The molecule has 1 N–H and O–H groups in total. The Balaban J connectivity index is 1.44. The highest BCUT2D eigenvalue weighted by atomic mass is 79.9. The Hall–Kier alpha value is -2.43. The lowest BCUT2D eigenvalue weighted by atomic mass is 9.76. The maximum absolute atomic E-state index is 6.16. The number of hydrogen-bond acceptors (Lipinski definition) is 3. The molecule has 5 rings (SSSR count). The fourth-order valence-electron chi connectivity index (χ4n) is 5.10. The van der Waals surface area contributed by atoms with E-state index in [1.54, 1.807) is 7.11 Å². The second kappa shape index (κ2) is 9.67. The average Bonchev–Trinajstić information content (AvgIpc) is 3.33. The minimum atomic E-state index is 0.188. The Morgan fingerprint density at radius 3 is 2.62 bits per heavy atom. The summed E-state index contributed by atoms with van der Waals surface area (Å²) < 4.78 is 12.8. The maximum atomic E-state index is 6.16. The zero-order chi connectivity index (χ0) is 23.8. The Morgan fingerprint density at radius 2 is 1.88 bits per heavy atom. The molecule has 5 heteroatoms. The van der Waals surface area contributed by atoms with Crippen LogP contribution in [0.25, 0.3) is 0 Å². The minimum Gasteiger partial charge on any atom is -0.493 e. The molecule has 0 aromatic heterocycles. The summed E-state index contributed by atoms with van der Waals surface area (Å²) >= 11 is 9.76. The number of halogens is 2. The van der Waals surface area contributed by atoms with Gasteiger partial charge in [-0.15, -0.1) is 0 Å². The molecule has 0 spiro atoms. The Bertz CT molecular complexity index is 1220. The van der Waals surface area contributed by atoms with E-state index in [1.807, 2.05) is 24.3 Å². The van der Waals surface area contributed by atoms with Gasteiger partial charge in [0.25, 0.3) is 0 Å². The van der Waals surface area contributed by atoms with Gasteiger partial charge in [-0.1, -0.05) is 61.9 Å². The molecule has 3 atom stereocenters. The van der Waals surface area contributed by atoms with E-state index in [4.69, 9.17) is 21.1 Å². The van der Waals surface area contributed by atoms with Gasteiger partial charge in [0.05, 0.1) is 17.6 Å². The SMILES string of the molecule is COc1cc([C@@H]2Nc3ccc(C(C)C)cc3[C@@H]3C=CC[C@@H]32)cc(Br)c1OCc1ccc(Cl)cc1. The summed E-state index contributed by atoms with van der Waals surface area (Å²) in [5, 5.41) is 4.56. The first kappa shape index (κ1) is 23.3. The van der Waals surface area contributed by atoms with Gasteiger partial charge >= 0.3 is 0 Å². The first-order chi connectivity index (χ1) is 16.4. The van der Waals surface area contributed by atoms with Crippen LogP contribution in [0, 0.1) is 5.92 Å². The molecule has 0 fully saturated rings. The lowest BCUT2D eigenvalue weighted by molar-refractivity contribution is 0.282. The summed E-state index contributed by atoms with van der Waals surface area (Å²) in [6.07, 6.45) is 5.77. The molecule has 0 saturated carbocycles. The molecule has 176 valence electrons. The first-order valence-electron chi connectivity index (χ1n) is 11.8. The van der Waals surface area contributed by atoms with E-state index in [0.717, 1.165) is 22.2 Å². The smallest absolute Gasteiger partial charge is 0.175 e. The number of allylic oxidation sites excluding steroid dienone is 2. The molecule has 0 amide bonds. The molecule has 1 heterocycles. The number of hydrogen-bond donors (Lipinski definition) is 1. The third-order valence-corrected chi connectivity index (χ3v) is 7.80. The fraction of sp³-hybridized carbons (Fsp3) is 0.310. The predicted molar refractivity (Wildman–Crippen MR) is 143 cm³/mol. The molecule has 0 bridgehead atoms. The van der Waals surface area contributed by atoms with Crippen LogP contribution in [0.3, 0.4) is 0 Å². The Morgan fingerprint density at radius 1 is 1.09 bits per heavy atom. The van der Waals surface area contributed by atoms with E-state index < -0.39 is 0 Å². The lowest BCUT2D eigenvalue weighted by Gasteiger charge is -2.38. The van der Waals surface area contributed by atoms with E-state index in [2.05, 4.69) is 77.6 Å². The van der Waals surface area contributed by atoms with Crippen LogP contribution < -0.4 is 14.8 Å². The molecule has 3 aromatic rings. The molecule has 34 heavy (non-hydrogen) atoms. The van der Waals surface area contributed by atoms with Crippen molar-refractivity contribution < 1.29 is 9.47 Å². The monoisotopic (exact) mass is 537 g/mol. The molecule has 0 saturated heterocycles. The number of nitrogens with one attached hydrogen (secondary N) is 1. The summed E-state index contributed by atoms with van der Waals surface area (Å²) in [5.74, 6) is 2.84. The van der Waals surface area contributed by atoms with Crippen LogP contribution in [-0.4, -0.2) is 7.11 Å². The number of rotatable bonds is 6. The van der Waals surface area contributed by atoms with Gasteiger partial charge < -0.3 is 14.8 Å². The molecule has 3 nitrogen and oxygen atoms in total. The number of anilines is 1. The van der Waals surface area contributed by atoms with Gasteiger partial charge in [0, 0.05) is 16.6 Å². The van der Waals surface area contributed by atoms with E-state index in [0.29, 0.717) is 35.1 Å². The normalized spacial score (nSPS) is 20.6. The Labute approximate surface area is 215 Å². The lowest BCUT2D eigenvalue weighted by Crippen LogP contribution is -2.29. The topological polar surface area (TPSA) is 30.5 Å². The fourth-order valence-corrected chi connectivity index (χ4v) is 5.80. The van der Waals surface area contributed by atoms with Crippen molar-refractivity contribution >= 4 is 33.2 Å². The molecule has 0 radical (unpaired) electrons. The molecule has 1 aliphatic heterocycles. The van der Waals surface area contributed by atoms with Gasteiger partial charge in [-0.25, -0.2) is 0 Å². The van der Waals surface area contributed by atoms with Crippen molar-refractivity contribution in [2.75, 3.05) is 12.4 Å². The highest BCUT2D eigenvalue weighted by Gasteiger charge is 2.38. The van der Waals surface area contributed by atoms with Crippen molar-refractivity contribution in [2.24, 2.45) is 5.92 Å². The van der Waals surface area contributed by atoms with Gasteiger partial charge in [0.15, 0.2) is 11.5 Å². The quantitative estimate of drug-likeness (QED) is 0.319. The summed E-state index contributed by atoms with van der Waals surface area (Å²) in [4.78, 5) is 0. The highest BCUT2D eigenvalue weighted by molar-refractivity contribution is 9.10. The molecule has 0 unspecified atom stereocenters. The van der Waals surface area contributed by atoms with Crippen molar-refractivity contribution in [3.8, 4) is 11.5 Å². The second-order valence-corrected chi connectivity index (χ2v) is 10.7. The van der Waals surface area contributed by atoms with Crippen LogP contribution in [0.15, 0.2) is 71.2 Å². The van der Waals surface area contributed by atoms with Crippen molar-refractivity contribution in [1.29, 1.82) is 0 Å². The van der Waals surface area contributed by atoms with Crippen LogP contribution in [0.4, 0.5) is 5.69 Å². The zero-order valence-electron chi connectivity index (χ0n) is 19.6. The standard InChI is InChI=1S/C29H29BrClNO2/c1-17(2)19-9-12-26-24(13-19)22-5-4-6-23(22)28(32-26)20-14-25(30)29(27(15-20)33-3)34-16-18-7-10-21(31)11-8-18/h4-5,7-15,17,22-23,28,32H,6,16H2,1-3H3/t22-,23+,28+/m1/s1. The molecule has 2 aliphatic rings. The minimum absolute atomic E-state index is 0.188. The summed E-state index contributed by atoms with van der Waals surface area (Å²) in [7, 11) is 1.69. The average molecular weight is 539 g/mol. The van der Waals surface area contributed by atoms with Crippen LogP contribution in [0.1, 0.15) is 60.4 Å². The van der Waals surface area contributed by atoms with E-state index in [1.165, 1.54) is 22.4 Å². The predicted octanol–water partition coefficient (Wildman–Crippen LogP) is 8.64. The maximum Gasteiger partial charge on any atom is 0.175 e. The van der Waals surface area contributed by atoms with Crippen LogP contribution in [0.2, 0.25) is 5.02 Å². The van der Waals surface area contributed by atoms with Gasteiger partial charge in [-0.3, -0.25) is 0 Å². The highest BCUT2D eigenvalue weighted by Crippen LogP contribution is 2.51. The number of methoxy groups -OCH3 is 1. The van der Waals surface area contributed by atoms with Gasteiger partial charge in [0.1, 0.15) is 6.61 Å². The summed E-state index contributed by atoms with van der Waals surface area (Å²) in [6.45, 7) is 4.94. The summed E-state index contributed by atoms with van der Waals surface area (Å²) in [6, 6.07) is 19.0. The third kappa shape index (κ3) is 4.46. The van der Waals surface area contributed by atoms with Crippen LogP contribution in [-0.2, 0) is 6.61 Å². The molecular formula is C29H29BrClNO2. The van der Waals surface area contributed by atoms with Crippen molar-refractivity contribution in [1.82, 2.24) is 0 Å². The third-order valence-electron chi connectivity index (χ3n) is 6.96. The van der Waals surface area contributed by atoms with Crippen molar-refractivity contribution in [3.63, 3.8) is 0 Å². The molecule has 1 aliphatic carbocycles. The van der Waals surface area contributed by atoms with Crippen LogP contribution >= 0.6 is 27.5 Å². The first-order valence-corrected chi connectivity index (χ1v) is 12.9. The zero-order valence-corrected chi connectivity index (χ0v) is 22.0. The number of fused-ring (bicyclic) bond motifs is 3. The van der Waals surface area contributed by atoms with E-state index in [-0.39, 0.29) is 6.04 Å². The second-order valence-electron chi connectivity index (χ2n) is 9.43.